The number of aliphatic hydroxyl groups excluding tert-OH is 1. The van der Waals surface area contributed by atoms with Crippen molar-refractivity contribution in [2.75, 3.05) is 0 Å². The smallest absolute Gasteiger partial charge is 0.870 e. The third kappa shape index (κ3) is 17.3. The van der Waals surface area contributed by atoms with E-state index in [4.69, 9.17) is 54.0 Å². The first-order valence-corrected chi connectivity index (χ1v) is 38.2. The molecule has 0 heterocycles. The Kier molecular flexibility index (Phi) is 34.2. The van der Waals surface area contributed by atoms with E-state index in [1.807, 2.05) is 45.6 Å². The number of hydrogen-bond acceptors (Lipinski definition) is 8. The largest absolute Gasteiger partial charge is 1.00 e. The van der Waals surface area contributed by atoms with Gasteiger partial charge in [0.15, 0.2) is 24.8 Å². The summed E-state index contributed by atoms with van der Waals surface area (Å²) in [4.78, 5) is 14.4. The fourth-order valence-corrected chi connectivity index (χ4v) is 26.9. The van der Waals surface area contributed by atoms with Crippen LogP contribution in [0.25, 0.3) is 19.4 Å². The maximum Gasteiger partial charge on any atom is 1.00 e. The molecule has 0 unspecified atom stereocenters. The first-order chi connectivity index (χ1) is 44.9. The van der Waals surface area contributed by atoms with Crippen molar-refractivity contribution in [2.24, 2.45) is 114 Å². The normalized spacial score (nSPS) is 47.7. The number of allylic oxidation sites excluding steroid dienone is 8. The molecule has 0 aliphatic heterocycles. The van der Waals surface area contributed by atoms with Crippen LogP contribution in [0.2, 0.25) is 0 Å². The van der Waals surface area contributed by atoms with Crippen LogP contribution in [-0.4, -0.2) is 65.2 Å². The van der Waals surface area contributed by atoms with Crippen LogP contribution in [0.5, 0.6) is 0 Å². The van der Waals surface area contributed by atoms with Gasteiger partial charge in [-0.1, -0.05) is 172 Å². The molecule has 0 aromatic rings. The van der Waals surface area contributed by atoms with Crippen molar-refractivity contribution < 1.29 is 275 Å². The number of fused-ring (bicyclic) bond motifs is 20. The van der Waals surface area contributed by atoms with E-state index in [0.717, 1.165) is 146 Å². The summed E-state index contributed by atoms with van der Waals surface area (Å²) in [6.07, 6.45) is 51.8. The molecule has 0 bridgehead atoms. The molecule has 0 saturated heterocycles. The van der Waals surface area contributed by atoms with E-state index in [9.17, 15) is 20.4 Å². The molecule has 16 rings (SSSR count). The van der Waals surface area contributed by atoms with Crippen molar-refractivity contribution in [3.63, 3.8) is 0 Å². The van der Waals surface area contributed by atoms with Gasteiger partial charge in [0.05, 0.1) is 49.2 Å². The van der Waals surface area contributed by atoms with Gasteiger partial charge < -0.3 is 70.0 Å². The molecule has 16 aliphatic rings. The summed E-state index contributed by atoms with van der Waals surface area (Å²) in [6.45, 7) is 63.5. The minimum absolute atomic E-state index is 0. The zero-order chi connectivity index (χ0) is 67.7. The number of nitrogens with zero attached hydrogens (tertiary/aromatic N) is 4. The third-order valence-corrected chi connectivity index (χ3v) is 32.4. The van der Waals surface area contributed by atoms with Crippen LogP contribution in [0.15, 0.2) is 93.7 Å². The van der Waals surface area contributed by atoms with E-state index in [0.29, 0.717) is 47.3 Å². The molecule has 16 heteroatoms. The minimum atomic E-state index is -0.633. The predicted molar refractivity (Wildman–Crippen MR) is 390 cm³/mol. The van der Waals surface area contributed by atoms with E-state index in [-0.39, 0.29) is 304 Å². The van der Waals surface area contributed by atoms with Crippen molar-refractivity contribution >= 4 is 0 Å². The van der Waals surface area contributed by atoms with Gasteiger partial charge in [-0.2, -0.15) is 0 Å². The zero-order valence-electron chi connectivity index (χ0n) is 65.4. The molecular formula is C87H122N4O8Rb4-4. The van der Waals surface area contributed by atoms with Crippen LogP contribution in [-0.2, 0) is 0 Å². The summed E-state index contributed by atoms with van der Waals surface area (Å²) in [7, 11) is 0. The Morgan fingerprint density at radius 2 is 0.660 bits per heavy atom. The van der Waals surface area contributed by atoms with Crippen LogP contribution < -0.4 is 233 Å². The second kappa shape index (κ2) is 36.5. The van der Waals surface area contributed by atoms with Gasteiger partial charge in [-0.05, 0) is 244 Å². The number of aliphatic hydroxyl groups is 4. The first-order valence-electron chi connectivity index (χ1n) is 38.2. The monoisotopic (exact) mass is 1690 g/mol. The van der Waals surface area contributed by atoms with Crippen LogP contribution in [0, 0.1) is 168 Å². The number of hydrogen-bond donors (Lipinski definition) is 4. The molecular weight excluding hydrogens is 1570 g/mol. The quantitative estimate of drug-likeness (QED) is 0.137. The Bertz CT molecular complexity index is 3390. The standard InChI is InChI=1S/3C22H30NO.C21H28NO.4H2O.4Rb/c3*1-20(24)11-12-22(3)15(13-20)5-7-17-18-8-6-16(14-23-4)21(18,2)10-9-19(17)22;1-20-10-8-16(23)12-14(20)4-6-17-18-7-5-15(13-22-3)21(18,2)11-9-19(17)20;;;;;;;;/h13-14,17-19,24H,3,5-12H2,1-2H3;2*5,14,17-19,24H,3,6-13H2,1-2H3;4,13,16-19,23H,1,5-12H2,2H3;4*1H2;;;;/q4*-1;;;;;4*+1/p-4/b3*16-14-;15-13-;;;;;;;;/t3*17-,18-,19-,20+,21+,22-;16-,17+,18+,19+,20+,21-;;;;;;;;/m0001......../s1. The van der Waals surface area contributed by atoms with Crippen molar-refractivity contribution in [2.45, 2.75) is 277 Å². The molecule has 0 aromatic heterocycles. The van der Waals surface area contributed by atoms with Crippen LogP contribution in [0.3, 0.4) is 0 Å². The van der Waals surface area contributed by atoms with E-state index >= 15 is 0 Å². The Balaban J connectivity index is 0.000000241. The van der Waals surface area contributed by atoms with Gasteiger partial charge in [-0.25, -0.2) is 19.4 Å². The van der Waals surface area contributed by atoms with Crippen molar-refractivity contribution in [1.29, 1.82) is 0 Å². The molecule has 12 fully saturated rings. The maximum atomic E-state index is 10.5. The third-order valence-electron chi connectivity index (χ3n) is 32.4. The van der Waals surface area contributed by atoms with Crippen molar-refractivity contribution in [3.05, 3.63) is 167 Å². The van der Waals surface area contributed by atoms with Gasteiger partial charge in [0.1, 0.15) is 0 Å². The van der Waals surface area contributed by atoms with Gasteiger partial charge in [0.25, 0.3) is 0 Å². The Morgan fingerprint density at radius 1 is 0.359 bits per heavy atom. The molecule has 16 aliphatic carbocycles. The molecule has 546 valence electrons. The summed E-state index contributed by atoms with van der Waals surface area (Å²) in [5, 5.41) is 41.5. The fourth-order valence-electron chi connectivity index (χ4n) is 26.9. The summed E-state index contributed by atoms with van der Waals surface area (Å²) >= 11 is 0. The molecule has 0 aromatic carbocycles. The predicted octanol–water partition coefficient (Wildman–Crippen LogP) is 8.19. The van der Waals surface area contributed by atoms with Gasteiger partial charge in [0.2, 0.25) is 0 Å². The van der Waals surface area contributed by atoms with Gasteiger partial charge in [-0.3, -0.25) is 0 Å². The van der Waals surface area contributed by atoms with Crippen LogP contribution >= 0.6 is 0 Å². The van der Waals surface area contributed by atoms with Gasteiger partial charge >= 0.3 is 233 Å². The Hall–Kier alpha value is 2.78. The molecule has 0 spiro atoms. The van der Waals surface area contributed by atoms with Gasteiger partial charge in [0, 0.05) is 0 Å². The molecule has 12 saturated carbocycles. The number of rotatable bonds is 0. The molecule has 24 atom stereocenters. The second-order valence-electron chi connectivity index (χ2n) is 36.9. The molecule has 0 radical (unpaired) electrons. The summed E-state index contributed by atoms with van der Waals surface area (Å²) in [5.41, 5.74) is 10.9. The Morgan fingerprint density at radius 3 is 1.01 bits per heavy atom. The van der Waals surface area contributed by atoms with E-state index in [2.05, 4.69) is 71.4 Å². The molecule has 0 amide bonds. The second-order valence-corrected chi connectivity index (χ2v) is 36.9. The zero-order valence-corrected chi connectivity index (χ0v) is 85.1. The summed E-state index contributed by atoms with van der Waals surface area (Å²) < 4.78 is 0. The van der Waals surface area contributed by atoms with E-state index < -0.39 is 16.8 Å². The minimum Gasteiger partial charge on any atom is -0.870 e. The average molecular weight is 1690 g/mol. The topological polar surface area (TPSA) is 218 Å². The molecule has 12 nitrogen and oxygen atoms in total. The fraction of sp³-hybridized carbons (Fsp3) is 0.724. The first kappa shape index (κ1) is 96.4. The van der Waals surface area contributed by atoms with E-state index in [1.165, 1.54) is 128 Å². The van der Waals surface area contributed by atoms with Crippen molar-refractivity contribution in [3.8, 4) is 0 Å². The van der Waals surface area contributed by atoms with E-state index in [1.54, 1.807) is 0 Å². The van der Waals surface area contributed by atoms with Crippen LogP contribution in [0.4, 0.5) is 0 Å². The van der Waals surface area contributed by atoms with Gasteiger partial charge in [-0.15, -0.1) is 21.7 Å². The average Bonchev–Trinajstić information content (AvgIpc) is 1.73. The maximum absolute atomic E-state index is 10.5. The molecule has 103 heavy (non-hydrogen) atoms. The summed E-state index contributed by atoms with van der Waals surface area (Å²) in [6, 6.07) is 0. The Labute approximate surface area is 818 Å². The SMILES string of the molecule is [C-]#[N+]/C=C1/CC[C@H]2[C@@H]3CC=C4C[C@H](O)CC[C@]4([CH2-])[C@H]3CC[C@]12C.[C-]#[N+]/C=C1/CC[C@H]2[C@@H]3CC=C4C[C@](C)(O)CC[C@]4([CH2-])[C@H]3CC[C@]12C.[C-]#[N+]/C=C1/CC[C@H]2[C@@H]3CC=C4C[C@](C)(O)CC[C@]4([CH2-])[C@H]3CC[C@]12C.[C-]#[N+]/C=C1/CC[C@H]2[C@@H]3CCC4=C[C@](C)(O)CC[C@]4([CH2-])[C@H]3CC[C@]12C.[OH-].[OH-].[OH-].[OH-].[Rb+].[Rb+].[Rb+].[Rb+]. The van der Waals surface area contributed by atoms with Crippen molar-refractivity contribution in [1.82, 2.24) is 0 Å². The summed E-state index contributed by atoms with van der Waals surface area (Å²) in [5.74, 6) is 8.45. The molecule has 8 N–H and O–H groups in total. The van der Waals surface area contributed by atoms with Crippen LogP contribution in [0.1, 0.15) is 254 Å².